The van der Waals surface area contributed by atoms with Crippen LogP contribution in [0.2, 0.25) is 0 Å². The number of anilines is 2. The van der Waals surface area contributed by atoms with Crippen LogP contribution in [0.15, 0.2) is 170 Å². The number of benzene rings is 6. The molecule has 0 saturated heterocycles. The van der Waals surface area contributed by atoms with E-state index in [0.717, 1.165) is 19.3 Å². The second kappa shape index (κ2) is 13.7. The van der Waals surface area contributed by atoms with Crippen LogP contribution in [-0.4, -0.2) is 4.57 Å². The Morgan fingerprint density at radius 2 is 1.29 bits per heavy atom. The summed E-state index contributed by atoms with van der Waals surface area (Å²) in [6.45, 7) is 4.37. The lowest BCUT2D eigenvalue weighted by molar-refractivity contribution is 0.930. The number of allylic oxidation sites excluding steroid dienone is 5. The zero-order valence-electron chi connectivity index (χ0n) is 29.6. The van der Waals surface area contributed by atoms with Gasteiger partial charge in [-0.15, -0.1) is 11.3 Å². The van der Waals surface area contributed by atoms with Gasteiger partial charge in [0.2, 0.25) is 0 Å². The van der Waals surface area contributed by atoms with E-state index in [1.807, 2.05) is 11.3 Å². The summed E-state index contributed by atoms with van der Waals surface area (Å²) in [6.07, 6.45) is 12.1. The predicted molar refractivity (Wildman–Crippen MR) is 226 cm³/mol. The molecule has 0 bridgehead atoms. The number of hydrogen-bond acceptors (Lipinski definition) is 2. The van der Waals surface area contributed by atoms with E-state index < -0.39 is 0 Å². The minimum Gasteiger partial charge on any atom is -0.314 e. The molecule has 0 N–H and O–H groups in total. The Kier molecular flexibility index (Phi) is 8.42. The summed E-state index contributed by atoms with van der Waals surface area (Å²) in [4.78, 5) is 3.91. The standard InChI is InChI=1S/C49H40N2S/c1-3-13-44-45-33-41(30-31-49(45)52-48(44)4-2)50(38-26-22-35(23-27-38)34-14-6-5-7-15-34)39-28-24-36(25-29-39)37-16-12-17-40(32-37)51-46-20-10-8-18-42(46)43-19-9-11-21-47(43)51/h3,5-24,26-28,30-33H,4,25,29H2,1-2H3/b13-3-. The van der Waals surface area contributed by atoms with Gasteiger partial charge in [0.05, 0.1) is 11.0 Å². The molecule has 2 heterocycles. The maximum Gasteiger partial charge on any atom is 0.0541 e. The first kappa shape index (κ1) is 32.0. The molecule has 3 heteroatoms. The van der Waals surface area contributed by atoms with E-state index in [1.54, 1.807) is 0 Å². The summed E-state index contributed by atoms with van der Waals surface area (Å²) >= 11 is 1.92. The maximum atomic E-state index is 2.47. The second-order valence-corrected chi connectivity index (χ2v) is 14.6. The molecule has 9 rings (SSSR count). The Bertz CT molecular complexity index is 2610. The SMILES string of the molecule is C/C=C\c1c(CC)sc2ccc(N(C3=CC=C(c4cccc(-n5c6ccccc6c6ccccc65)c4)CC3)c3ccc(-c4ccccc4)cc3)cc12. The molecule has 0 saturated carbocycles. The Morgan fingerprint density at radius 3 is 1.98 bits per heavy atom. The zero-order valence-corrected chi connectivity index (χ0v) is 30.4. The summed E-state index contributed by atoms with van der Waals surface area (Å²) in [6, 6.07) is 53.3. The van der Waals surface area contributed by atoms with Crippen molar-refractivity contribution in [3.8, 4) is 16.8 Å². The molecule has 0 amide bonds. The number of hydrogen-bond donors (Lipinski definition) is 0. The molecule has 1 aliphatic carbocycles. The molecule has 0 spiro atoms. The fourth-order valence-electron chi connectivity index (χ4n) is 7.92. The number of para-hydroxylation sites is 2. The highest BCUT2D eigenvalue weighted by Gasteiger charge is 2.21. The normalized spacial score (nSPS) is 13.3. The summed E-state index contributed by atoms with van der Waals surface area (Å²) in [5.74, 6) is 0. The predicted octanol–water partition coefficient (Wildman–Crippen LogP) is 14.2. The van der Waals surface area contributed by atoms with Crippen molar-refractivity contribution in [3.05, 3.63) is 186 Å². The fourth-order valence-corrected chi connectivity index (χ4v) is 9.03. The number of aryl methyl sites for hydroxylation is 1. The van der Waals surface area contributed by atoms with E-state index in [1.165, 1.54) is 87.4 Å². The number of thiophene rings is 1. The van der Waals surface area contributed by atoms with Crippen molar-refractivity contribution in [1.29, 1.82) is 0 Å². The van der Waals surface area contributed by atoms with E-state index in [-0.39, 0.29) is 0 Å². The first-order valence-electron chi connectivity index (χ1n) is 18.3. The van der Waals surface area contributed by atoms with Crippen molar-refractivity contribution in [2.75, 3.05) is 4.90 Å². The smallest absolute Gasteiger partial charge is 0.0541 e. The number of fused-ring (bicyclic) bond motifs is 4. The van der Waals surface area contributed by atoms with E-state index in [0.29, 0.717) is 0 Å². The molecule has 8 aromatic rings. The van der Waals surface area contributed by atoms with Crippen molar-refractivity contribution in [3.63, 3.8) is 0 Å². The van der Waals surface area contributed by atoms with E-state index in [2.05, 4.69) is 193 Å². The zero-order chi connectivity index (χ0) is 35.0. The molecule has 2 aromatic heterocycles. The third kappa shape index (κ3) is 5.68. The van der Waals surface area contributed by atoms with Crippen LogP contribution in [0.5, 0.6) is 0 Å². The summed E-state index contributed by atoms with van der Waals surface area (Å²) in [5.41, 5.74) is 13.8. The van der Waals surface area contributed by atoms with Gasteiger partial charge in [-0.1, -0.05) is 116 Å². The molecular formula is C49H40N2S. The van der Waals surface area contributed by atoms with Crippen LogP contribution < -0.4 is 4.90 Å². The molecule has 2 nitrogen and oxygen atoms in total. The third-order valence-electron chi connectivity index (χ3n) is 10.4. The van der Waals surface area contributed by atoms with Gasteiger partial charge in [0.1, 0.15) is 0 Å². The third-order valence-corrected chi connectivity index (χ3v) is 11.7. The highest BCUT2D eigenvalue weighted by Crippen LogP contribution is 2.41. The molecule has 0 fully saturated rings. The van der Waals surface area contributed by atoms with E-state index in [9.17, 15) is 0 Å². The van der Waals surface area contributed by atoms with Gasteiger partial charge < -0.3 is 9.47 Å². The summed E-state index contributed by atoms with van der Waals surface area (Å²) < 4.78 is 3.75. The Balaban J connectivity index is 1.12. The Hall–Kier alpha value is -5.90. The molecule has 6 aromatic carbocycles. The highest BCUT2D eigenvalue weighted by atomic mass is 32.1. The Morgan fingerprint density at radius 1 is 0.615 bits per heavy atom. The average molecular weight is 689 g/mol. The lowest BCUT2D eigenvalue weighted by Crippen LogP contribution is -2.17. The van der Waals surface area contributed by atoms with Crippen molar-refractivity contribution >= 4 is 66.3 Å². The van der Waals surface area contributed by atoms with Gasteiger partial charge in [-0.3, -0.25) is 0 Å². The van der Waals surface area contributed by atoms with Gasteiger partial charge in [0.15, 0.2) is 0 Å². The minimum atomic E-state index is 0.940. The number of rotatable bonds is 8. The largest absolute Gasteiger partial charge is 0.314 e. The molecule has 252 valence electrons. The second-order valence-electron chi connectivity index (χ2n) is 13.5. The van der Waals surface area contributed by atoms with Crippen molar-refractivity contribution < 1.29 is 0 Å². The first-order valence-corrected chi connectivity index (χ1v) is 19.1. The van der Waals surface area contributed by atoms with Crippen LogP contribution in [0.1, 0.15) is 42.7 Å². The summed E-state index contributed by atoms with van der Waals surface area (Å²) in [5, 5.41) is 3.90. The van der Waals surface area contributed by atoms with Gasteiger partial charge in [0, 0.05) is 48.5 Å². The number of nitrogens with zero attached hydrogens (tertiary/aromatic N) is 2. The van der Waals surface area contributed by atoms with Crippen molar-refractivity contribution in [2.24, 2.45) is 0 Å². The quantitative estimate of drug-likeness (QED) is 0.154. The van der Waals surface area contributed by atoms with Crippen LogP contribution in [-0.2, 0) is 6.42 Å². The maximum absolute atomic E-state index is 2.47. The lowest BCUT2D eigenvalue weighted by Gasteiger charge is -2.30. The van der Waals surface area contributed by atoms with Crippen molar-refractivity contribution in [1.82, 2.24) is 4.57 Å². The van der Waals surface area contributed by atoms with Crippen LogP contribution in [0.4, 0.5) is 11.4 Å². The minimum absolute atomic E-state index is 0.940. The van der Waals surface area contributed by atoms with Crippen LogP contribution in [0.3, 0.4) is 0 Å². The van der Waals surface area contributed by atoms with Crippen LogP contribution >= 0.6 is 11.3 Å². The monoisotopic (exact) mass is 688 g/mol. The van der Waals surface area contributed by atoms with E-state index >= 15 is 0 Å². The molecule has 1 aliphatic rings. The van der Waals surface area contributed by atoms with Gasteiger partial charge in [-0.2, -0.15) is 0 Å². The molecule has 0 atom stereocenters. The van der Waals surface area contributed by atoms with Crippen LogP contribution in [0, 0.1) is 0 Å². The number of aromatic nitrogens is 1. The lowest BCUT2D eigenvalue weighted by atomic mass is 9.94. The van der Waals surface area contributed by atoms with Gasteiger partial charge >= 0.3 is 0 Å². The molecule has 0 aliphatic heterocycles. The molecular weight excluding hydrogens is 649 g/mol. The van der Waals surface area contributed by atoms with Crippen LogP contribution in [0.25, 0.3) is 60.4 Å². The molecule has 0 unspecified atom stereocenters. The Labute approximate surface area is 309 Å². The summed E-state index contributed by atoms with van der Waals surface area (Å²) in [7, 11) is 0. The fraction of sp³-hybridized carbons (Fsp3) is 0.102. The van der Waals surface area contributed by atoms with Gasteiger partial charge in [-0.05, 0) is 115 Å². The molecule has 52 heavy (non-hydrogen) atoms. The first-order chi connectivity index (χ1) is 25.7. The van der Waals surface area contributed by atoms with E-state index in [4.69, 9.17) is 0 Å². The van der Waals surface area contributed by atoms with Crippen molar-refractivity contribution in [2.45, 2.75) is 33.1 Å². The average Bonchev–Trinajstić information content (AvgIpc) is 3.74. The molecule has 0 radical (unpaired) electrons. The van der Waals surface area contributed by atoms with Gasteiger partial charge in [-0.25, -0.2) is 0 Å². The highest BCUT2D eigenvalue weighted by molar-refractivity contribution is 7.19. The topological polar surface area (TPSA) is 8.17 Å². The van der Waals surface area contributed by atoms with Gasteiger partial charge in [0.25, 0.3) is 0 Å².